The summed E-state index contributed by atoms with van der Waals surface area (Å²) in [5.41, 5.74) is 1.64. The third kappa shape index (κ3) is 3.00. The van der Waals surface area contributed by atoms with Crippen LogP contribution in [0, 0.1) is 6.92 Å². The third-order valence-corrected chi connectivity index (χ3v) is 3.78. The molecule has 0 spiro atoms. The number of aromatic nitrogens is 2. The van der Waals surface area contributed by atoms with Gasteiger partial charge in [-0.25, -0.2) is 4.98 Å². The zero-order valence-corrected chi connectivity index (χ0v) is 11.4. The first-order valence-electron chi connectivity index (χ1n) is 5.61. The number of pyridine rings is 2. The fourth-order valence-corrected chi connectivity index (χ4v) is 2.80. The zero-order valence-electron chi connectivity index (χ0n) is 10.6. The Kier molecular flexibility index (Phi) is 3.66. The number of hydrogen-bond donors (Lipinski definition) is 2. The minimum atomic E-state index is -3.72. The normalized spacial score (nSPS) is 11.1. The summed E-state index contributed by atoms with van der Waals surface area (Å²) in [5, 5.41) is 2.77. The Morgan fingerprint density at radius 1 is 1.16 bits per heavy atom. The van der Waals surface area contributed by atoms with Crippen molar-refractivity contribution in [1.82, 2.24) is 9.97 Å². The Bertz CT molecular complexity index is 686. The minimum absolute atomic E-state index is 0.0352. The molecule has 2 aromatic heterocycles. The van der Waals surface area contributed by atoms with Crippen molar-refractivity contribution in [3.63, 3.8) is 0 Å². The lowest BCUT2D eigenvalue weighted by Gasteiger charge is -2.10. The summed E-state index contributed by atoms with van der Waals surface area (Å²) >= 11 is 0. The summed E-state index contributed by atoms with van der Waals surface area (Å²) in [5.74, 6) is 0. The summed E-state index contributed by atoms with van der Waals surface area (Å²) in [6.45, 7) is 1.79. The van der Waals surface area contributed by atoms with Crippen molar-refractivity contribution in [3.8, 4) is 0 Å². The fraction of sp³-hybridized carbons (Fsp3) is 0.167. The highest BCUT2D eigenvalue weighted by Gasteiger charge is 2.19. The molecule has 0 bridgehead atoms. The molecular formula is C12H14N4O2S. The molecule has 0 aliphatic rings. The van der Waals surface area contributed by atoms with Gasteiger partial charge in [-0.2, -0.15) is 8.42 Å². The molecule has 7 heteroatoms. The zero-order chi connectivity index (χ0) is 13.9. The molecule has 19 heavy (non-hydrogen) atoms. The van der Waals surface area contributed by atoms with Crippen molar-refractivity contribution >= 4 is 21.4 Å². The number of nitrogens with zero attached hydrogens (tertiary/aromatic N) is 2. The van der Waals surface area contributed by atoms with Crippen LogP contribution < -0.4 is 10.0 Å². The summed E-state index contributed by atoms with van der Waals surface area (Å²) < 4.78 is 27.0. The number of hydrogen-bond acceptors (Lipinski definition) is 5. The monoisotopic (exact) mass is 278 g/mol. The van der Waals surface area contributed by atoms with Crippen LogP contribution in [0.25, 0.3) is 0 Å². The molecule has 2 aromatic rings. The van der Waals surface area contributed by atoms with Gasteiger partial charge in [-0.1, -0.05) is 0 Å². The van der Waals surface area contributed by atoms with Crippen LogP contribution in [0.1, 0.15) is 5.69 Å². The summed E-state index contributed by atoms with van der Waals surface area (Å²) in [7, 11) is -2.08. The Labute approximate surface area is 112 Å². The smallest absolute Gasteiger partial charge is 0.281 e. The van der Waals surface area contributed by atoms with Gasteiger partial charge in [-0.15, -0.1) is 0 Å². The topological polar surface area (TPSA) is 84.0 Å². The standard InChI is InChI=1S/C12H14N4O2S/c1-9-8-10(5-7-14-9)16-19(17,18)12-11(13-2)4-3-6-15-12/h3-8,13H,1-2H3,(H,14,16). The van der Waals surface area contributed by atoms with Crippen molar-refractivity contribution in [2.75, 3.05) is 17.1 Å². The molecule has 0 saturated carbocycles. The van der Waals surface area contributed by atoms with Crippen LogP contribution in [0.15, 0.2) is 41.7 Å². The number of sulfonamides is 1. The number of aryl methyl sites for hydroxylation is 1. The van der Waals surface area contributed by atoms with E-state index in [2.05, 4.69) is 20.0 Å². The van der Waals surface area contributed by atoms with Gasteiger partial charge in [0.1, 0.15) is 0 Å². The first-order chi connectivity index (χ1) is 9.03. The fourth-order valence-electron chi connectivity index (χ4n) is 1.61. The average molecular weight is 278 g/mol. The predicted molar refractivity (Wildman–Crippen MR) is 73.6 cm³/mol. The average Bonchev–Trinajstić information content (AvgIpc) is 2.38. The summed E-state index contributed by atoms with van der Waals surface area (Å²) in [6, 6.07) is 6.56. The lowest BCUT2D eigenvalue weighted by molar-refractivity contribution is 0.598. The molecule has 0 fully saturated rings. The van der Waals surface area contributed by atoms with E-state index in [0.717, 1.165) is 5.69 Å². The van der Waals surface area contributed by atoms with Crippen LogP contribution in [-0.2, 0) is 10.0 Å². The first-order valence-corrected chi connectivity index (χ1v) is 7.09. The van der Waals surface area contributed by atoms with Crippen molar-refractivity contribution in [2.45, 2.75) is 11.9 Å². The lowest BCUT2D eigenvalue weighted by Crippen LogP contribution is -2.16. The molecular weight excluding hydrogens is 264 g/mol. The van der Waals surface area contributed by atoms with Crippen LogP contribution in [0.2, 0.25) is 0 Å². The van der Waals surface area contributed by atoms with Crippen LogP contribution >= 0.6 is 0 Å². The van der Waals surface area contributed by atoms with E-state index in [1.54, 1.807) is 44.4 Å². The maximum absolute atomic E-state index is 12.3. The second-order valence-electron chi connectivity index (χ2n) is 3.90. The van der Waals surface area contributed by atoms with E-state index in [9.17, 15) is 8.42 Å². The Balaban J connectivity index is 2.38. The third-order valence-electron chi connectivity index (χ3n) is 2.44. The van der Waals surface area contributed by atoms with E-state index in [1.807, 2.05) is 0 Å². The Morgan fingerprint density at radius 2 is 1.95 bits per heavy atom. The van der Waals surface area contributed by atoms with Gasteiger partial charge >= 0.3 is 0 Å². The molecule has 0 amide bonds. The molecule has 2 heterocycles. The molecule has 0 unspecified atom stereocenters. The van der Waals surface area contributed by atoms with E-state index < -0.39 is 10.0 Å². The van der Waals surface area contributed by atoms with Crippen LogP contribution in [0.4, 0.5) is 11.4 Å². The van der Waals surface area contributed by atoms with Crippen LogP contribution in [0.3, 0.4) is 0 Å². The van der Waals surface area contributed by atoms with E-state index in [-0.39, 0.29) is 5.03 Å². The van der Waals surface area contributed by atoms with Gasteiger partial charge in [0.15, 0.2) is 5.03 Å². The molecule has 6 nitrogen and oxygen atoms in total. The van der Waals surface area contributed by atoms with Crippen molar-refractivity contribution < 1.29 is 8.42 Å². The molecule has 0 radical (unpaired) electrons. The molecule has 0 aliphatic carbocycles. The van der Waals surface area contributed by atoms with Gasteiger partial charge < -0.3 is 5.32 Å². The SMILES string of the molecule is CNc1cccnc1S(=O)(=O)Nc1ccnc(C)c1. The van der Waals surface area contributed by atoms with E-state index in [1.165, 1.54) is 6.20 Å². The highest BCUT2D eigenvalue weighted by atomic mass is 32.2. The second-order valence-corrected chi connectivity index (χ2v) is 5.50. The van der Waals surface area contributed by atoms with Gasteiger partial charge in [-0.05, 0) is 31.2 Å². The highest BCUT2D eigenvalue weighted by molar-refractivity contribution is 7.92. The summed E-state index contributed by atoms with van der Waals surface area (Å²) in [4.78, 5) is 7.92. The quantitative estimate of drug-likeness (QED) is 0.888. The molecule has 0 aromatic carbocycles. The molecule has 0 aliphatic heterocycles. The predicted octanol–water partition coefficient (Wildman–Crippen LogP) is 1.63. The van der Waals surface area contributed by atoms with Crippen molar-refractivity contribution in [1.29, 1.82) is 0 Å². The maximum Gasteiger partial charge on any atom is 0.281 e. The molecule has 0 saturated heterocycles. The second kappa shape index (κ2) is 5.23. The lowest BCUT2D eigenvalue weighted by atomic mass is 10.3. The van der Waals surface area contributed by atoms with E-state index in [0.29, 0.717) is 11.4 Å². The van der Waals surface area contributed by atoms with Crippen LogP contribution in [-0.4, -0.2) is 25.4 Å². The molecule has 100 valence electrons. The van der Waals surface area contributed by atoms with Gasteiger partial charge in [0.25, 0.3) is 10.0 Å². The minimum Gasteiger partial charge on any atom is -0.386 e. The maximum atomic E-state index is 12.3. The van der Waals surface area contributed by atoms with Gasteiger partial charge in [-0.3, -0.25) is 9.71 Å². The molecule has 2 N–H and O–H groups in total. The molecule has 0 atom stereocenters. The highest BCUT2D eigenvalue weighted by Crippen LogP contribution is 2.20. The Morgan fingerprint density at radius 3 is 2.63 bits per heavy atom. The van der Waals surface area contributed by atoms with Gasteiger partial charge in [0.05, 0.1) is 11.4 Å². The van der Waals surface area contributed by atoms with Crippen molar-refractivity contribution in [3.05, 3.63) is 42.4 Å². The van der Waals surface area contributed by atoms with Crippen molar-refractivity contribution in [2.24, 2.45) is 0 Å². The number of anilines is 2. The largest absolute Gasteiger partial charge is 0.386 e. The van der Waals surface area contributed by atoms with E-state index in [4.69, 9.17) is 0 Å². The van der Waals surface area contributed by atoms with Gasteiger partial charge in [0, 0.05) is 25.1 Å². The first kappa shape index (κ1) is 13.3. The number of nitrogens with one attached hydrogen (secondary N) is 2. The molecule has 2 rings (SSSR count). The summed E-state index contributed by atoms with van der Waals surface area (Å²) in [6.07, 6.45) is 2.98. The Hall–Kier alpha value is -2.15. The van der Waals surface area contributed by atoms with Crippen LogP contribution in [0.5, 0.6) is 0 Å². The van der Waals surface area contributed by atoms with E-state index >= 15 is 0 Å². The van der Waals surface area contributed by atoms with Gasteiger partial charge in [0.2, 0.25) is 0 Å². The number of rotatable bonds is 4.